The lowest BCUT2D eigenvalue weighted by Crippen LogP contribution is -2.41. The minimum absolute atomic E-state index is 0.0541. The Kier molecular flexibility index (Phi) is 6.54. The zero-order valence-electron chi connectivity index (χ0n) is 16.8. The number of methoxy groups -OCH3 is 3. The predicted molar refractivity (Wildman–Crippen MR) is 108 cm³/mol. The first-order valence-corrected chi connectivity index (χ1v) is 9.37. The van der Waals surface area contributed by atoms with Gasteiger partial charge in [-0.05, 0) is 25.0 Å². The third-order valence-corrected chi connectivity index (χ3v) is 4.99. The zero-order valence-corrected chi connectivity index (χ0v) is 16.8. The topological polar surface area (TPSA) is 90.0 Å². The summed E-state index contributed by atoms with van der Waals surface area (Å²) < 4.78 is 15.9. The molecule has 3 rings (SSSR count). The Morgan fingerprint density at radius 2 is 1.72 bits per heavy atom. The van der Waals surface area contributed by atoms with Crippen molar-refractivity contribution in [3.8, 4) is 17.2 Å². The molecule has 154 valence electrons. The van der Waals surface area contributed by atoms with E-state index >= 15 is 0 Å². The third kappa shape index (κ3) is 4.59. The molecular formula is C21H25N3O5. The van der Waals surface area contributed by atoms with Gasteiger partial charge in [-0.25, -0.2) is 0 Å². The summed E-state index contributed by atoms with van der Waals surface area (Å²) in [4.78, 5) is 31.0. The normalized spacial score (nSPS) is 14.2. The average Bonchev–Trinajstić information content (AvgIpc) is 2.78. The van der Waals surface area contributed by atoms with Crippen LogP contribution < -0.4 is 19.5 Å². The van der Waals surface area contributed by atoms with Crippen molar-refractivity contribution in [1.29, 1.82) is 0 Å². The molecule has 2 amide bonds. The fraction of sp³-hybridized carbons (Fsp3) is 0.381. The van der Waals surface area contributed by atoms with Crippen LogP contribution in [0.15, 0.2) is 36.7 Å². The van der Waals surface area contributed by atoms with Crippen molar-refractivity contribution in [2.24, 2.45) is 5.92 Å². The molecule has 8 nitrogen and oxygen atoms in total. The fourth-order valence-electron chi connectivity index (χ4n) is 3.41. The lowest BCUT2D eigenvalue weighted by Gasteiger charge is -2.31. The van der Waals surface area contributed by atoms with Crippen molar-refractivity contribution in [2.45, 2.75) is 12.8 Å². The highest BCUT2D eigenvalue weighted by Gasteiger charge is 2.28. The molecule has 8 heteroatoms. The van der Waals surface area contributed by atoms with E-state index in [1.807, 2.05) is 0 Å². The van der Waals surface area contributed by atoms with Crippen LogP contribution in [0.2, 0.25) is 0 Å². The van der Waals surface area contributed by atoms with Gasteiger partial charge in [-0.15, -0.1) is 0 Å². The Morgan fingerprint density at radius 3 is 2.24 bits per heavy atom. The summed E-state index contributed by atoms with van der Waals surface area (Å²) in [5.74, 6) is 1.09. The molecule has 0 radical (unpaired) electrons. The van der Waals surface area contributed by atoms with Crippen molar-refractivity contribution in [2.75, 3.05) is 39.7 Å². The van der Waals surface area contributed by atoms with Crippen LogP contribution in [0.3, 0.4) is 0 Å². The quantitative estimate of drug-likeness (QED) is 0.803. The molecular weight excluding hydrogens is 374 g/mol. The second kappa shape index (κ2) is 9.27. The summed E-state index contributed by atoms with van der Waals surface area (Å²) in [7, 11) is 4.58. The fourth-order valence-corrected chi connectivity index (χ4v) is 3.41. The SMILES string of the molecule is COc1cc(NC(=O)C2CCN(C(=O)c3cccnc3)CC2)cc(OC)c1OC. The van der Waals surface area contributed by atoms with E-state index in [4.69, 9.17) is 14.2 Å². The highest BCUT2D eigenvalue weighted by Crippen LogP contribution is 2.40. The first-order chi connectivity index (χ1) is 14.1. The second-order valence-electron chi connectivity index (χ2n) is 6.71. The number of carbonyl (C=O) groups excluding carboxylic acids is 2. The molecule has 0 spiro atoms. The number of hydrogen-bond acceptors (Lipinski definition) is 6. The van der Waals surface area contributed by atoms with Crippen molar-refractivity contribution in [3.63, 3.8) is 0 Å². The Balaban J connectivity index is 1.62. The second-order valence-corrected chi connectivity index (χ2v) is 6.71. The number of likely N-dealkylation sites (tertiary alicyclic amines) is 1. The monoisotopic (exact) mass is 399 g/mol. The maximum absolute atomic E-state index is 12.7. The standard InChI is InChI=1S/C21H25N3O5/c1-27-17-11-16(12-18(28-2)19(17)29-3)23-20(25)14-6-9-24(10-7-14)21(26)15-5-4-8-22-13-15/h4-5,8,11-14H,6-7,9-10H2,1-3H3,(H,23,25). The number of anilines is 1. The van der Waals surface area contributed by atoms with E-state index in [2.05, 4.69) is 10.3 Å². The molecule has 1 saturated heterocycles. The molecule has 2 aromatic rings. The molecule has 1 aliphatic rings. The molecule has 2 heterocycles. The molecule has 0 unspecified atom stereocenters. The van der Waals surface area contributed by atoms with E-state index in [1.54, 1.807) is 41.6 Å². The summed E-state index contributed by atoms with van der Waals surface area (Å²) in [6.07, 6.45) is 4.40. The highest BCUT2D eigenvalue weighted by atomic mass is 16.5. The number of aromatic nitrogens is 1. The van der Waals surface area contributed by atoms with Gasteiger partial charge in [0.1, 0.15) is 0 Å². The van der Waals surface area contributed by atoms with Gasteiger partial charge in [0.05, 0.1) is 26.9 Å². The number of rotatable bonds is 6. The van der Waals surface area contributed by atoms with E-state index in [-0.39, 0.29) is 17.7 Å². The summed E-state index contributed by atoms with van der Waals surface area (Å²) in [6.45, 7) is 1.06. The van der Waals surface area contributed by atoms with Gasteiger partial charge in [0.15, 0.2) is 11.5 Å². The minimum Gasteiger partial charge on any atom is -0.493 e. The van der Waals surface area contributed by atoms with Gasteiger partial charge in [-0.1, -0.05) is 0 Å². The summed E-state index contributed by atoms with van der Waals surface area (Å²) in [5.41, 5.74) is 1.13. The summed E-state index contributed by atoms with van der Waals surface area (Å²) in [6, 6.07) is 6.88. The summed E-state index contributed by atoms with van der Waals surface area (Å²) >= 11 is 0. The van der Waals surface area contributed by atoms with Gasteiger partial charge >= 0.3 is 0 Å². The van der Waals surface area contributed by atoms with Crippen LogP contribution in [-0.4, -0.2) is 56.1 Å². The maximum Gasteiger partial charge on any atom is 0.255 e. The molecule has 0 saturated carbocycles. The van der Waals surface area contributed by atoms with Crippen molar-refractivity contribution >= 4 is 17.5 Å². The van der Waals surface area contributed by atoms with Crippen LogP contribution in [0, 0.1) is 5.92 Å². The van der Waals surface area contributed by atoms with Gasteiger partial charge in [0, 0.05) is 49.2 Å². The number of nitrogens with zero attached hydrogens (tertiary/aromatic N) is 2. The van der Waals surface area contributed by atoms with E-state index in [1.165, 1.54) is 21.3 Å². The molecule has 1 aromatic carbocycles. The van der Waals surface area contributed by atoms with Gasteiger partial charge in [0.2, 0.25) is 11.7 Å². The number of amides is 2. The van der Waals surface area contributed by atoms with E-state index in [0.717, 1.165) is 0 Å². The summed E-state index contributed by atoms with van der Waals surface area (Å²) in [5, 5.41) is 2.92. The van der Waals surface area contributed by atoms with Crippen LogP contribution >= 0.6 is 0 Å². The average molecular weight is 399 g/mol. The minimum atomic E-state index is -0.174. The van der Waals surface area contributed by atoms with E-state index in [0.29, 0.717) is 54.4 Å². The lowest BCUT2D eigenvalue weighted by molar-refractivity contribution is -0.121. The largest absolute Gasteiger partial charge is 0.493 e. The lowest BCUT2D eigenvalue weighted by atomic mass is 9.95. The smallest absolute Gasteiger partial charge is 0.255 e. The Morgan fingerprint density at radius 1 is 1.07 bits per heavy atom. The Bertz CT molecular complexity index is 839. The number of benzene rings is 1. The Hall–Kier alpha value is -3.29. The molecule has 29 heavy (non-hydrogen) atoms. The number of piperidine rings is 1. The number of pyridine rings is 1. The van der Waals surface area contributed by atoms with Crippen molar-refractivity contribution < 1.29 is 23.8 Å². The molecule has 1 fully saturated rings. The molecule has 1 aliphatic heterocycles. The molecule has 0 bridgehead atoms. The number of carbonyl (C=O) groups is 2. The van der Waals surface area contributed by atoms with Crippen LogP contribution in [-0.2, 0) is 4.79 Å². The maximum atomic E-state index is 12.7. The molecule has 1 N–H and O–H groups in total. The molecule has 1 aromatic heterocycles. The first-order valence-electron chi connectivity index (χ1n) is 9.37. The van der Waals surface area contributed by atoms with Crippen LogP contribution in [0.5, 0.6) is 17.2 Å². The van der Waals surface area contributed by atoms with Crippen molar-refractivity contribution in [1.82, 2.24) is 9.88 Å². The highest BCUT2D eigenvalue weighted by molar-refractivity contribution is 5.95. The van der Waals surface area contributed by atoms with Gasteiger partial charge in [0.25, 0.3) is 5.91 Å². The number of hydrogen-bond donors (Lipinski definition) is 1. The van der Waals surface area contributed by atoms with Crippen LogP contribution in [0.25, 0.3) is 0 Å². The zero-order chi connectivity index (χ0) is 20.8. The van der Waals surface area contributed by atoms with E-state index < -0.39 is 0 Å². The van der Waals surface area contributed by atoms with Gasteiger partial charge in [-0.2, -0.15) is 0 Å². The van der Waals surface area contributed by atoms with Gasteiger partial charge in [-0.3, -0.25) is 14.6 Å². The van der Waals surface area contributed by atoms with Gasteiger partial charge < -0.3 is 24.4 Å². The van der Waals surface area contributed by atoms with Crippen LogP contribution in [0.4, 0.5) is 5.69 Å². The number of ether oxygens (including phenoxy) is 3. The first kappa shape index (κ1) is 20.4. The molecule has 0 aliphatic carbocycles. The number of nitrogens with one attached hydrogen (secondary N) is 1. The van der Waals surface area contributed by atoms with Crippen molar-refractivity contribution in [3.05, 3.63) is 42.2 Å². The van der Waals surface area contributed by atoms with Crippen LogP contribution in [0.1, 0.15) is 23.2 Å². The van der Waals surface area contributed by atoms with E-state index in [9.17, 15) is 9.59 Å². The Labute approximate surface area is 169 Å². The molecule has 0 atom stereocenters. The predicted octanol–water partition coefficient (Wildman–Crippen LogP) is 2.60. The third-order valence-electron chi connectivity index (χ3n) is 4.99.